The van der Waals surface area contributed by atoms with Crippen LogP contribution < -0.4 is 5.32 Å². The van der Waals surface area contributed by atoms with Crippen molar-refractivity contribution in [3.63, 3.8) is 0 Å². The Morgan fingerprint density at radius 1 is 1.29 bits per heavy atom. The van der Waals surface area contributed by atoms with Crippen molar-refractivity contribution in [1.29, 1.82) is 0 Å². The number of benzene rings is 1. The van der Waals surface area contributed by atoms with Crippen molar-refractivity contribution in [2.24, 2.45) is 11.3 Å². The van der Waals surface area contributed by atoms with Gasteiger partial charge in [-0.2, -0.15) is 0 Å². The largest absolute Gasteiger partial charge is 0.356 e. The minimum absolute atomic E-state index is 0.0105. The first kappa shape index (κ1) is 15.6. The molecule has 1 saturated heterocycles. The van der Waals surface area contributed by atoms with Crippen LogP contribution in [0.2, 0.25) is 0 Å². The monoisotopic (exact) mass is 328 g/mol. The van der Waals surface area contributed by atoms with E-state index in [0.717, 1.165) is 49.3 Å². The summed E-state index contributed by atoms with van der Waals surface area (Å²) in [4.78, 5) is 24.1. The number of carbonyl (C=O) groups is 2. The molecule has 1 saturated carbocycles. The Morgan fingerprint density at radius 2 is 2.12 bits per heavy atom. The van der Waals surface area contributed by atoms with E-state index in [4.69, 9.17) is 0 Å². The van der Waals surface area contributed by atoms with E-state index in [0.29, 0.717) is 24.4 Å². The molecule has 128 valence electrons. The molecule has 1 aromatic rings. The first-order valence-corrected chi connectivity index (χ1v) is 8.94. The zero-order valence-electron chi connectivity index (χ0n) is 13.9. The summed E-state index contributed by atoms with van der Waals surface area (Å²) in [5.74, 6) is 0.257. The minimum Gasteiger partial charge on any atom is -0.356 e. The van der Waals surface area contributed by atoms with Crippen molar-refractivity contribution >= 4 is 11.8 Å². The van der Waals surface area contributed by atoms with E-state index in [9.17, 15) is 14.8 Å². The number of rotatable bonds is 3. The number of hydrogen-bond donors (Lipinski definition) is 2. The molecular formula is C19H24N2O3. The molecule has 24 heavy (non-hydrogen) atoms. The van der Waals surface area contributed by atoms with E-state index in [1.54, 1.807) is 0 Å². The summed E-state index contributed by atoms with van der Waals surface area (Å²) in [5.41, 5.74) is 2.97. The maximum Gasteiger partial charge on any atom is 0.277 e. The van der Waals surface area contributed by atoms with Crippen molar-refractivity contribution in [3.05, 3.63) is 34.9 Å². The lowest BCUT2D eigenvalue weighted by Crippen LogP contribution is -2.35. The Labute approximate surface area is 142 Å². The molecule has 2 amide bonds. The molecule has 2 fully saturated rings. The molecule has 1 aromatic carbocycles. The molecule has 3 aliphatic rings. The van der Waals surface area contributed by atoms with Gasteiger partial charge in [0, 0.05) is 23.9 Å². The Hall–Kier alpha value is -1.88. The van der Waals surface area contributed by atoms with Gasteiger partial charge in [-0.05, 0) is 61.3 Å². The maximum absolute atomic E-state index is 12.5. The molecule has 2 aliphatic carbocycles. The van der Waals surface area contributed by atoms with Gasteiger partial charge >= 0.3 is 0 Å². The molecule has 0 radical (unpaired) electrons. The smallest absolute Gasteiger partial charge is 0.277 e. The normalized spacial score (nSPS) is 26.0. The topological polar surface area (TPSA) is 69.6 Å². The number of nitrogens with zero attached hydrogens (tertiary/aromatic N) is 1. The van der Waals surface area contributed by atoms with Crippen LogP contribution in [0.1, 0.15) is 53.6 Å². The summed E-state index contributed by atoms with van der Waals surface area (Å²) in [5, 5.41) is 13.9. The lowest BCUT2D eigenvalue weighted by Gasteiger charge is -2.33. The first-order chi connectivity index (χ1) is 11.5. The second-order valence-electron chi connectivity index (χ2n) is 7.80. The first-order valence-electron chi connectivity index (χ1n) is 8.94. The number of hydroxylamine groups is 2. The summed E-state index contributed by atoms with van der Waals surface area (Å²) in [6, 6.07) is 5.75. The van der Waals surface area contributed by atoms with Crippen LogP contribution in [-0.2, 0) is 17.6 Å². The van der Waals surface area contributed by atoms with Crippen molar-refractivity contribution in [3.8, 4) is 0 Å². The zero-order chi connectivity index (χ0) is 16.7. The van der Waals surface area contributed by atoms with Crippen molar-refractivity contribution in [2.45, 2.75) is 44.9 Å². The minimum atomic E-state index is -0.315. The fourth-order valence-electron chi connectivity index (χ4n) is 4.26. The average molecular weight is 328 g/mol. The SMILES string of the molecule is O=C1C[C@]2(CCc3ccc(C(=O)N(O)CC4CCC4)cc3C2)CN1. The molecular weight excluding hydrogens is 304 g/mol. The Bertz CT molecular complexity index is 683. The highest BCUT2D eigenvalue weighted by Gasteiger charge is 2.41. The summed E-state index contributed by atoms with van der Waals surface area (Å²) < 4.78 is 0. The predicted octanol–water partition coefficient (Wildman–Crippen LogP) is 2.31. The van der Waals surface area contributed by atoms with Crippen LogP contribution in [0.4, 0.5) is 0 Å². The third-order valence-corrected chi connectivity index (χ3v) is 6.03. The summed E-state index contributed by atoms with van der Waals surface area (Å²) >= 11 is 0. The van der Waals surface area contributed by atoms with Gasteiger partial charge in [0.25, 0.3) is 5.91 Å². The van der Waals surface area contributed by atoms with Crippen LogP contribution in [0.5, 0.6) is 0 Å². The lowest BCUT2D eigenvalue weighted by molar-refractivity contribution is -0.119. The van der Waals surface area contributed by atoms with Gasteiger partial charge in [0.05, 0.1) is 6.54 Å². The van der Waals surface area contributed by atoms with Gasteiger partial charge in [-0.15, -0.1) is 0 Å². The fraction of sp³-hybridized carbons (Fsp3) is 0.579. The lowest BCUT2D eigenvalue weighted by atomic mass is 9.71. The number of nitrogens with one attached hydrogen (secondary N) is 1. The van der Waals surface area contributed by atoms with E-state index < -0.39 is 0 Å². The van der Waals surface area contributed by atoms with Crippen LogP contribution in [-0.4, -0.2) is 35.2 Å². The highest BCUT2D eigenvalue weighted by atomic mass is 16.5. The third kappa shape index (κ3) is 2.81. The maximum atomic E-state index is 12.5. The van der Waals surface area contributed by atoms with E-state index in [1.165, 1.54) is 12.0 Å². The number of carbonyl (C=O) groups excluding carboxylic acids is 2. The molecule has 0 unspecified atom stereocenters. The molecule has 1 spiro atoms. The van der Waals surface area contributed by atoms with Gasteiger partial charge < -0.3 is 5.32 Å². The molecule has 5 nitrogen and oxygen atoms in total. The molecule has 0 aromatic heterocycles. The van der Waals surface area contributed by atoms with Crippen LogP contribution in [0.15, 0.2) is 18.2 Å². The standard InChI is InChI=1S/C19H24N2O3/c22-17-10-19(12-20-17)7-6-14-4-5-15(8-16(14)9-19)18(23)21(24)11-13-2-1-3-13/h4-5,8,13,24H,1-3,6-7,9-12H2,(H,20,22)/t19-/m1/s1. The van der Waals surface area contributed by atoms with Gasteiger partial charge in [0.15, 0.2) is 0 Å². The van der Waals surface area contributed by atoms with E-state index in [2.05, 4.69) is 5.32 Å². The quantitative estimate of drug-likeness (QED) is 0.661. The Kier molecular flexibility index (Phi) is 3.83. The van der Waals surface area contributed by atoms with Crippen molar-refractivity contribution in [2.75, 3.05) is 13.1 Å². The summed E-state index contributed by atoms with van der Waals surface area (Å²) in [7, 11) is 0. The molecule has 2 N–H and O–H groups in total. The van der Waals surface area contributed by atoms with Gasteiger partial charge in [0.1, 0.15) is 0 Å². The number of aryl methyl sites for hydroxylation is 1. The number of hydrogen-bond acceptors (Lipinski definition) is 3. The van der Waals surface area contributed by atoms with Gasteiger partial charge in [-0.25, -0.2) is 5.06 Å². The van der Waals surface area contributed by atoms with E-state index in [-0.39, 0.29) is 17.2 Å². The van der Waals surface area contributed by atoms with Gasteiger partial charge in [-0.1, -0.05) is 12.5 Å². The van der Waals surface area contributed by atoms with Crippen LogP contribution in [0.25, 0.3) is 0 Å². The average Bonchev–Trinajstić information content (AvgIpc) is 2.89. The number of fused-ring (bicyclic) bond motifs is 1. The summed E-state index contributed by atoms with van der Waals surface area (Å²) in [6.07, 6.45) is 6.76. The van der Waals surface area contributed by atoms with Gasteiger partial charge in [-0.3, -0.25) is 14.8 Å². The zero-order valence-corrected chi connectivity index (χ0v) is 13.9. The Morgan fingerprint density at radius 3 is 2.79 bits per heavy atom. The van der Waals surface area contributed by atoms with Gasteiger partial charge in [0.2, 0.25) is 5.91 Å². The number of amides is 2. The molecule has 1 atom stereocenters. The van der Waals surface area contributed by atoms with Crippen LogP contribution >= 0.6 is 0 Å². The second-order valence-corrected chi connectivity index (χ2v) is 7.80. The predicted molar refractivity (Wildman–Crippen MR) is 88.7 cm³/mol. The molecule has 0 bridgehead atoms. The van der Waals surface area contributed by atoms with E-state index >= 15 is 0 Å². The van der Waals surface area contributed by atoms with Crippen molar-refractivity contribution < 1.29 is 14.8 Å². The molecule has 1 aliphatic heterocycles. The molecule has 4 rings (SSSR count). The van der Waals surface area contributed by atoms with Crippen LogP contribution in [0, 0.1) is 11.3 Å². The third-order valence-electron chi connectivity index (χ3n) is 6.03. The fourth-order valence-corrected chi connectivity index (χ4v) is 4.26. The highest BCUT2D eigenvalue weighted by molar-refractivity contribution is 5.93. The summed E-state index contributed by atoms with van der Waals surface area (Å²) in [6.45, 7) is 1.16. The highest BCUT2D eigenvalue weighted by Crippen LogP contribution is 2.40. The Balaban J connectivity index is 1.51. The van der Waals surface area contributed by atoms with Crippen LogP contribution in [0.3, 0.4) is 0 Å². The molecule has 5 heteroatoms. The molecule has 1 heterocycles. The second kappa shape index (κ2) is 5.88. The van der Waals surface area contributed by atoms with Crippen molar-refractivity contribution in [1.82, 2.24) is 10.4 Å². The van der Waals surface area contributed by atoms with E-state index in [1.807, 2.05) is 18.2 Å².